The Morgan fingerprint density at radius 2 is 2.11 bits per heavy atom. The molecule has 1 aromatic heterocycles. The molecule has 1 heterocycles. The van der Waals surface area contributed by atoms with Crippen LogP contribution in [0.5, 0.6) is 0 Å². The molecule has 9 heavy (non-hydrogen) atoms. The Labute approximate surface area is 70.3 Å². The summed E-state index contributed by atoms with van der Waals surface area (Å²) in [5, 5.41) is 0.819. The van der Waals surface area contributed by atoms with Crippen LogP contribution < -0.4 is 5.73 Å². The molecule has 2 nitrogen and oxygen atoms in total. The third-order valence-electron chi connectivity index (χ3n) is 0.783. The zero-order valence-corrected chi connectivity index (χ0v) is 7.28. The summed E-state index contributed by atoms with van der Waals surface area (Å²) in [7, 11) is 0. The lowest BCUT2D eigenvalue weighted by Gasteiger charge is -1.78. The molecule has 1 aromatic rings. The number of nitrogen functional groups attached to an aromatic ring is 1. The highest BCUT2D eigenvalue weighted by Gasteiger charge is 1.89. The lowest BCUT2D eigenvalue weighted by Crippen LogP contribution is -1.80. The minimum absolute atomic E-state index is 0. The highest BCUT2D eigenvalue weighted by atomic mass is 35.5. The van der Waals surface area contributed by atoms with E-state index < -0.39 is 0 Å². The Kier molecular flexibility index (Phi) is 6.34. The predicted molar refractivity (Wildman–Crippen MR) is 45.8 cm³/mol. The van der Waals surface area contributed by atoms with Gasteiger partial charge < -0.3 is 5.73 Å². The van der Waals surface area contributed by atoms with Gasteiger partial charge in [0.05, 0.1) is 11.2 Å². The highest BCUT2D eigenvalue weighted by molar-refractivity contribution is 7.13. The maximum absolute atomic E-state index is 5.40. The minimum atomic E-state index is 0. The highest BCUT2D eigenvalue weighted by Crippen LogP contribution is 2.12. The van der Waals surface area contributed by atoms with Crippen molar-refractivity contribution < 1.29 is 0 Å². The number of nitrogens with two attached hydrogens (primary N) is 1. The molecule has 0 amide bonds. The Morgan fingerprint density at radius 3 is 2.22 bits per heavy atom. The fourth-order valence-corrected chi connectivity index (χ4v) is 0.859. The van der Waals surface area contributed by atoms with Gasteiger partial charge in [0.25, 0.3) is 0 Å². The van der Waals surface area contributed by atoms with Crippen molar-refractivity contribution >= 4 is 41.2 Å². The van der Waals surface area contributed by atoms with E-state index in [2.05, 4.69) is 4.98 Å². The van der Waals surface area contributed by atoms with Crippen LogP contribution in [-0.4, -0.2) is 4.98 Å². The van der Waals surface area contributed by atoms with E-state index >= 15 is 0 Å². The summed E-state index contributed by atoms with van der Waals surface area (Å²) in [6.45, 7) is 1.89. The van der Waals surface area contributed by atoms with E-state index in [1.165, 1.54) is 11.3 Å². The molecule has 5 heteroatoms. The van der Waals surface area contributed by atoms with Crippen LogP contribution in [0.1, 0.15) is 5.69 Å². The Bertz CT molecular complexity index is 149. The molecule has 0 aromatic carbocycles. The summed E-state index contributed by atoms with van der Waals surface area (Å²) >= 11 is 1.47. The topological polar surface area (TPSA) is 38.9 Å². The van der Waals surface area contributed by atoms with Crippen LogP contribution >= 0.6 is 36.2 Å². The van der Waals surface area contributed by atoms with Crippen LogP contribution in [0.2, 0.25) is 0 Å². The first-order valence-electron chi connectivity index (χ1n) is 1.96. The van der Waals surface area contributed by atoms with Gasteiger partial charge in [-0.25, -0.2) is 4.98 Å². The number of aromatic nitrogens is 1. The smallest absolute Gasteiger partial charge is 0.109 e. The molecule has 0 aliphatic rings. The predicted octanol–water partition coefficient (Wildman–Crippen LogP) is 1.88. The van der Waals surface area contributed by atoms with E-state index in [0.717, 1.165) is 10.7 Å². The Hall–Kier alpha value is 0.01000. The van der Waals surface area contributed by atoms with Gasteiger partial charge in [0, 0.05) is 0 Å². The van der Waals surface area contributed by atoms with E-state index in [0.29, 0.717) is 0 Å². The van der Waals surface area contributed by atoms with Gasteiger partial charge in [0.1, 0.15) is 5.00 Å². The van der Waals surface area contributed by atoms with E-state index in [9.17, 15) is 0 Å². The molecule has 0 bridgehead atoms. The SMILES string of the molecule is Cc1ncsc1N.Cl.Cl. The fraction of sp³-hybridized carbons (Fsp3) is 0.250. The molecule has 0 spiro atoms. The van der Waals surface area contributed by atoms with Gasteiger partial charge in [-0.3, -0.25) is 0 Å². The van der Waals surface area contributed by atoms with Crippen LogP contribution in [0.25, 0.3) is 0 Å². The number of halogens is 2. The van der Waals surface area contributed by atoms with Crippen LogP contribution in [0, 0.1) is 6.92 Å². The van der Waals surface area contributed by atoms with Gasteiger partial charge in [-0.05, 0) is 6.92 Å². The maximum Gasteiger partial charge on any atom is 0.109 e. The summed E-state index contributed by atoms with van der Waals surface area (Å²) in [4.78, 5) is 3.91. The van der Waals surface area contributed by atoms with Crippen LogP contribution in [0.3, 0.4) is 0 Å². The quantitative estimate of drug-likeness (QED) is 0.673. The number of hydrogen-bond donors (Lipinski definition) is 1. The van der Waals surface area contributed by atoms with Crippen molar-refractivity contribution in [3.8, 4) is 0 Å². The number of thiazole rings is 1. The van der Waals surface area contributed by atoms with E-state index in [4.69, 9.17) is 5.73 Å². The van der Waals surface area contributed by atoms with Crippen molar-refractivity contribution in [3.63, 3.8) is 0 Å². The number of rotatable bonds is 0. The monoisotopic (exact) mass is 186 g/mol. The second kappa shape index (κ2) is 4.85. The van der Waals surface area contributed by atoms with Gasteiger partial charge in [0.15, 0.2) is 0 Å². The second-order valence-corrected chi connectivity index (χ2v) is 2.19. The van der Waals surface area contributed by atoms with Gasteiger partial charge in [0.2, 0.25) is 0 Å². The van der Waals surface area contributed by atoms with Crippen molar-refractivity contribution in [2.75, 3.05) is 5.73 Å². The lowest BCUT2D eigenvalue weighted by atomic mass is 10.5. The zero-order valence-electron chi connectivity index (χ0n) is 4.83. The molecule has 1 rings (SSSR count). The van der Waals surface area contributed by atoms with Crippen LogP contribution in [0.4, 0.5) is 5.00 Å². The molecule has 2 N–H and O–H groups in total. The van der Waals surface area contributed by atoms with Crippen molar-refractivity contribution in [1.82, 2.24) is 4.98 Å². The second-order valence-electron chi connectivity index (χ2n) is 1.30. The fourth-order valence-electron chi connectivity index (χ4n) is 0.311. The van der Waals surface area contributed by atoms with Gasteiger partial charge >= 0.3 is 0 Å². The average molecular weight is 187 g/mol. The largest absolute Gasteiger partial charge is 0.389 e. The van der Waals surface area contributed by atoms with Crippen molar-refractivity contribution in [1.29, 1.82) is 0 Å². The molecule has 0 radical (unpaired) electrons. The van der Waals surface area contributed by atoms with E-state index in [1.807, 2.05) is 6.92 Å². The normalized spacial score (nSPS) is 7.22. The lowest BCUT2D eigenvalue weighted by molar-refractivity contribution is 1.27. The summed E-state index contributed by atoms with van der Waals surface area (Å²) < 4.78 is 0. The molecule has 54 valence electrons. The molecule has 0 saturated heterocycles. The number of nitrogens with zero attached hydrogens (tertiary/aromatic N) is 1. The van der Waals surface area contributed by atoms with Crippen LogP contribution in [-0.2, 0) is 0 Å². The summed E-state index contributed by atoms with van der Waals surface area (Å²) in [6, 6.07) is 0. The number of aryl methyl sites for hydroxylation is 1. The maximum atomic E-state index is 5.40. The number of anilines is 1. The molecular formula is C4H8Cl2N2S. The minimum Gasteiger partial charge on any atom is -0.389 e. The first kappa shape index (κ1) is 11.8. The molecule has 0 aliphatic carbocycles. The first-order chi connectivity index (χ1) is 3.30. The first-order valence-corrected chi connectivity index (χ1v) is 2.84. The van der Waals surface area contributed by atoms with Gasteiger partial charge in [-0.2, -0.15) is 0 Å². The number of hydrogen-bond acceptors (Lipinski definition) is 3. The third kappa shape index (κ3) is 2.89. The summed E-state index contributed by atoms with van der Waals surface area (Å²) in [5.41, 5.74) is 8.07. The molecule has 0 fully saturated rings. The average Bonchev–Trinajstić information content (AvgIpc) is 1.91. The standard InChI is InChI=1S/C4H6N2S.2ClH/c1-3-4(5)7-2-6-3;;/h2H,5H2,1H3;2*1H. The van der Waals surface area contributed by atoms with Crippen molar-refractivity contribution in [3.05, 3.63) is 11.2 Å². The van der Waals surface area contributed by atoms with Gasteiger partial charge in [-0.1, -0.05) is 0 Å². The summed E-state index contributed by atoms with van der Waals surface area (Å²) in [5.74, 6) is 0. The van der Waals surface area contributed by atoms with Gasteiger partial charge in [-0.15, -0.1) is 36.2 Å². The van der Waals surface area contributed by atoms with E-state index in [-0.39, 0.29) is 24.8 Å². The van der Waals surface area contributed by atoms with Crippen molar-refractivity contribution in [2.45, 2.75) is 6.92 Å². The Balaban J connectivity index is 0. The molecular weight excluding hydrogens is 179 g/mol. The molecule has 0 aliphatic heterocycles. The van der Waals surface area contributed by atoms with Crippen LogP contribution in [0.15, 0.2) is 5.51 Å². The molecule has 0 unspecified atom stereocenters. The molecule has 0 saturated carbocycles. The molecule has 0 atom stereocenters. The zero-order chi connectivity index (χ0) is 5.28. The van der Waals surface area contributed by atoms with Crippen molar-refractivity contribution in [2.24, 2.45) is 0 Å². The van der Waals surface area contributed by atoms with E-state index in [1.54, 1.807) is 5.51 Å². The summed E-state index contributed by atoms with van der Waals surface area (Å²) in [6.07, 6.45) is 0. The third-order valence-corrected chi connectivity index (χ3v) is 1.54. The Morgan fingerprint density at radius 1 is 1.56 bits per heavy atom.